The van der Waals surface area contributed by atoms with Crippen LogP contribution in [0.2, 0.25) is 0 Å². The topological polar surface area (TPSA) is 78.9 Å². The Labute approximate surface area is 509 Å². The predicted molar refractivity (Wildman–Crippen MR) is 361 cm³/mol. The lowest BCUT2D eigenvalue weighted by Gasteiger charge is -2.18. The van der Waals surface area contributed by atoms with E-state index in [1.165, 1.54) is 70.6 Å². The molecule has 0 heterocycles. The van der Waals surface area contributed by atoms with Crippen LogP contribution < -0.4 is 0 Å². The molecular weight excluding hydrogens is 1020 g/mol. The molecule has 6 heteroatoms. The Bertz CT molecular complexity index is 1990. The second-order valence-corrected chi connectivity index (χ2v) is 20.9. The zero-order valence-corrected chi connectivity index (χ0v) is 52.9. The highest BCUT2D eigenvalue weighted by Gasteiger charge is 2.19. The summed E-state index contributed by atoms with van der Waals surface area (Å²) in [6.45, 7) is 6.16. The SMILES string of the molecule is CC/C=C\C/C=C\C/C=C\C/C=C\C/C=C\C/C=C\CCCCC(=O)OC(COC(=O)C/C=C\C/C=C\C/C=C\C/C=C\C/C=C\CC)COC(=O)CCCCCCCCCCCCCCC/C=C\C/C=C\C/C=C\C/C=C\C/C=C\CC. The van der Waals surface area contributed by atoms with Crippen LogP contribution in [0.3, 0.4) is 0 Å². The van der Waals surface area contributed by atoms with Crippen molar-refractivity contribution in [2.45, 2.75) is 258 Å². The lowest BCUT2D eigenvalue weighted by atomic mass is 10.0. The number of allylic oxidation sites excluding steroid dienone is 31. The zero-order valence-electron chi connectivity index (χ0n) is 52.9. The first kappa shape index (κ1) is 77.2. The molecule has 0 aromatic rings. The first-order chi connectivity index (χ1) is 41.0. The van der Waals surface area contributed by atoms with Gasteiger partial charge < -0.3 is 14.2 Å². The summed E-state index contributed by atoms with van der Waals surface area (Å²) in [5.41, 5.74) is 0. The number of hydrogen-bond acceptors (Lipinski definition) is 6. The Morgan fingerprint density at radius 1 is 0.253 bits per heavy atom. The highest BCUT2D eigenvalue weighted by atomic mass is 16.6. The van der Waals surface area contributed by atoms with Crippen LogP contribution in [0, 0.1) is 0 Å². The molecule has 0 saturated carbocycles. The van der Waals surface area contributed by atoms with Gasteiger partial charge >= 0.3 is 17.9 Å². The Morgan fingerprint density at radius 3 is 0.807 bits per heavy atom. The van der Waals surface area contributed by atoms with Crippen molar-refractivity contribution in [3.63, 3.8) is 0 Å². The van der Waals surface area contributed by atoms with Gasteiger partial charge in [-0.1, -0.05) is 286 Å². The molecule has 0 saturated heterocycles. The van der Waals surface area contributed by atoms with Gasteiger partial charge in [-0.2, -0.15) is 0 Å². The molecule has 0 bridgehead atoms. The molecule has 6 nitrogen and oxygen atoms in total. The number of carbonyl (C=O) groups is 3. The minimum absolute atomic E-state index is 0.108. The van der Waals surface area contributed by atoms with Crippen LogP contribution in [0.4, 0.5) is 0 Å². The number of unbranched alkanes of at least 4 members (excludes halogenated alkanes) is 15. The van der Waals surface area contributed by atoms with Crippen molar-refractivity contribution in [2.75, 3.05) is 13.2 Å². The number of carbonyl (C=O) groups excluding carboxylic acids is 3. The van der Waals surface area contributed by atoms with Crippen molar-refractivity contribution >= 4 is 17.9 Å². The summed E-state index contributed by atoms with van der Waals surface area (Å²) in [6, 6.07) is 0. The lowest BCUT2D eigenvalue weighted by molar-refractivity contribution is -0.166. The maximum absolute atomic E-state index is 12.9. The maximum atomic E-state index is 12.9. The van der Waals surface area contributed by atoms with Gasteiger partial charge in [-0.25, -0.2) is 0 Å². The summed E-state index contributed by atoms with van der Waals surface area (Å²) in [7, 11) is 0. The second kappa shape index (κ2) is 68.7. The summed E-state index contributed by atoms with van der Waals surface area (Å²) in [4.78, 5) is 38.3. The minimum Gasteiger partial charge on any atom is -0.462 e. The molecule has 0 spiro atoms. The van der Waals surface area contributed by atoms with E-state index in [4.69, 9.17) is 14.2 Å². The Kier molecular flexibility index (Phi) is 64.0. The molecule has 0 aliphatic carbocycles. The molecule has 0 radical (unpaired) electrons. The van der Waals surface area contributed by atoms with Crippen molar-refractivity contribution in [1.29, 1.82) is 0 Å². The number of ether oxygens (including phenoxy) is 3. The molecule has 1 unspecified atom stereocenters. The average molecular weight is 1140 g/mol. The van der Waals surface area contributed by atoms with E-state index in [2.05, 4.69) is 203 Å². The molecular formula is C77H118O6. The number of esters is 3. The van der Waals surface area contributed by atoms with E-state index in [-0.39, 0.29) is 38.0 Å². The van der Waals surface area contributed by atoms with E-state index in [9.17, 15) is 14.4 Å². The fraction of sp³-hybridized carbons (Fsp3) is 0.545. The molecule has 0 amide bonds. The maximum Gasteiger partial charge on any atom is 0.309 e. The van der Waals surface area contributed by atoms with Crippen molar-refractivity contribution < 1.29 is 28.6 Å². The fourth-order valence-electron chi connectivity index (χ4n) is 8.31. The molecule has 0 aromatic heterocycles. The minimum atomic E-state index is -0.854. The van der Waals surface area contributed by atoms with E-state index in [0.717, 1.165) is 135 Å². The molecule has 83 heavy (non-hydrogen) atoms. The van der Waals surface area contributed by atoms with Crippen LogP contribution in [-0.2, 0) is 28.6 Å². The normalized spacial score (nSPS) is 13.4. The van der Waals surface area contributed by atoms with Gasteiger partial charge in [-0.15, -0.1) is 0 Å². The van der Waals surface area contributed by atoms with Gasteiger partial charge in [-0.05, 0) is 141 Å². The standard InChI is InChI=1S/C77H118O6/c1-4-7-10-13-16-19-22-25-28-30-32-34-35-36-37-38-39-40-41-43-44-46-49-52-55-58-61-64-67-70-76(79)82-73-74(72-81-75(78)69-66-63-60-57-54-51-48-27-24-21-18-15-12-9-6-3)83-77(80)71-68-65-62-59-56-53-50-47-45-42-33-31-29-26-23-20-17-14-11-8-5-2/h7-12,16-21,25-29,32-34,36-37,42,47-48,50,54,56-57,59,63,66,74H,4-6,13-15,22-24,30-31,35,38-41,43-46,49,51-53,55,58,60-62,64-65,67-73H2,1-3H3/b10-7-,11-8-,12-9-,19-16-,20-17-,21-18-,28-25-,29-26-,34-32-,37-36-,42-33-,48-27-,50-47-,57-54-,59-56-,66-63-. The van der Waals surface area contributed by atoms with Gasteiger partial charge in [0, 0.05) is 12.8 Å². The van der Waals surface area contributed by atoms with Gasteiger partial charge in [0.1, 0.15) is 13.2 Å². The zero-order chi connectivity index (χ0) is 59.9. The van der Waals surface area contributed by atoms with Crippen molar-refractivity contribution in [2.24, 2.45) is 0 Å². The molecule has 0 N–H and O–H groups in total. The van der Waals surface area contributed by atoms with Crippen LogP contribution in [0.5, 0.6) is 0 Å². The Hall–Kier alpha value is -5.75. The monoisotopic (exact) mass is 1140 g/mol. The molecule has 0 aromatic carbocycles. The summed E-state index contributed by atoms with van der Waals surface area (Å²) in [5.74, 6) is -1.12. The van der Waals surface area contributed by atoms with Crippen LogP contribution in [-0.4, -0.2) is 37.2 Å². The van der Waals surface area contributed by atoms with Gasteiger partial charge in [0.15, 0.2) is 6.10 Å². The van der Waals surface area contributed by atoms with E-state index < -0.39 is 12.1 Å². The molecule has 0 aliphatic rings. The smallest absolute Gasteiger partial charge is 0.309 e. The molecule has 0 aliphatic heterocycles. The largest absolute Gasteiger partial charge is 0.462 e. The van der Waals surface area contributed by atoms with E-state index in [1.807, 2.05) is 6.08 Å². The third kappa shape index (κ3) is 66.9. The van der Waals surface area contributed by atoms with Crippen LogP contribution >= 0.6 is 0 Å². The van der Waals surface area contributed by atoms with Gasteiger partial charge in [-0.3, -0.25) is 14.4 Å². The summed E-state index contributed by atoms with van der Waals surface area (Å²) >= 11 is 0. The van der Waals surface area contributed by atoms with E-state index in [1.54, 1.807) is 6.08 Å². The highest BCUT2D eigenvalue weighted by Crippen LogP contribution is 2.15. The molecule has 0 fully saturated rings. The number of rotatable bonds is 57. The Morgan fingerprint density at radius 2 is 0.482 bits per heavy atom. The summed E-state index contributed by atoms with van der Waals surface area (Å²) in [6.07, 6.45) is 105. The Balaban J connectivity index is 4.48. The molecule has 1 atom stereocenters. The van der Waals surface area contributed by atoms with Gasteiger partial charge in [0.2, 0.25) is 0 Å². The third-order valence-corrected chi connectivity index (χ3v) is 13.1. The quantitative estimate of drug-likeness (QED) is 0.0261. The first-order valence-electron chi connectivity index (χ1n) is 32.9. The lowest BCUT2D eigenvalue weighted by Crippen LogP contribution is -2.30. The van der Waals surface area contributed by atoms with Gasteiger partial charge in [0.05, 0.1) is 6.42 Å². The number of hydrogen-bond donors (Lipinski definition) is 0. The fourth-order valence-corrected chi connectivity index (χ4v) is 8.31. The van der Waals surface area contributed by atoms with E-state index >= 15 is 0 Å². The average Bonchev–Trinajstić information content (AvgIpc) is 3.49. The first-order valence-corrected chi connectivity index (χ1v) is 32.9. The van der Waals surface area contributed by atoms with Crippen LogP contribution in [0.15, 0.2) is 194 Å². The van der Waals surface area contributed by atoms with E-state index in [0.29, 0.717) is 12.8 Å². The molecule has 462 valence electrons. The molecule has 0 rings (SSSR count). The van der Waals surface area contributed by atoms with Crippen LogP contribution in [0.1, 0.15) is 252 Å². The second-order valence-electron chi connectivity index (χ2n) is 20.9. The highest BCUT2D eigenvalue weighted by molar-refractivity contribution is 5.72. The summed E-state index contributed by atoms with van der Waals surface area (Å²) < 4.78 is 16.8. The predicted octanol–water partition coefficient (Wildman–Crippen LogP) is 23.0. The van der Waals surface area contributed by atoms with Gasteiger partial charge in [0.25, 0.3) is 0 Å². The van der Waals surface area contributed by atoms with Crippen molar-refractivity contribution in [3.8, 4) is 0 Å². The third-order valence-electron chi connectivity index (χ3n) is 13.1. The van der Waals surface area contributed by atoms with Crippen molar-refractivity contribution in [3.05, 3.63) is 194 Å². The van der Waals surface area contributed by atoms with Crippen LogP contribution in [0.25, 0.3) is 0 Å². The van der Waals surface area contributed by atoms with Crippen molar-refractivity contribution in [1.82, 2.24) is 0 Å². The summed E-state index contributed by atoms with van der Waals surface area (Å²) in [5, 5.41) is 0.